The molecule has 0 aliphatic heterocycles. The van der Waals surface area contributed by atoms with Gasteiger partial charge in [0.2, 0.25) is 0 Å². The first-order valence-corrected chi connectivity index (χ1v) is 10.2. The molecular formula is C24H20N4OS. The minimum Gasteiger partial charge on any atom is -0.326 e. The first-order valence-electron chi connectivity index (χ1n) is 9.43. The Morgan fingerprint density at radius 3 is 2.03 bits per heavy atom. The third-order valence-corrected chi connectivity index (χ3v) is 5.16. The van der Waals surface area contributed by atoms with Gasteiger partial charge in [-0.2, -0.15) is 0 Å². The van der Waals surface area contributed by atoms with Gasteiger partial charge in [-0.05, 0) is 71.6 Å². The van der Waals surface area contributed by atoms with Crippen molar-refractivity contribution in [2.75, 3.05) is 15.4 Å². The predicted octanol–water partition coefficient (Wildman–Crippen LogP) is 6.51. The molecule has 0 spiro atoms. The van der Waals surface area contributed by atoms with Crippen molar-refractivity contribution in [3.8, 4) is 11.1 Å². The van der Waals surface area contributed by atoms with Crippen LogP contribution in [0.1, 0.15) is 0 Å². The van der Waals surface area contributed by atoms with Gasteiger partial charge in [0.25, 0.3) is 0 Å². The second-order valence-electron chi connectivity index (χ2n) is 6.49. The molecule has 0 aliphatic carbocycles. The summed E-state index contributed by atoms with van der Waals surface area (Å²) in [7, 11) is 0. The normalized spacial score (nSPS) is 10.3. The molecular weight excluding hydrogens is 392 g/mol. The van der Waals surface area contributed by atoms with E-state index in [9.17, 15) is 4.79 Å². The van der Waals surface area contributed by atoms with Gasteiger partial charge in [0.05, 0.1) is 11.9 Å². The van der Waals surface area contributed by atoms with Crippen LogP contribution in [-0.2, 0) is 0 Å². The zero-order valence-corrected chi connectivity index (χ0v) is 16.9. The fourth-order valence-corrected chi connectivity index (χ4v) is 3.46. The van der Waals surface area contributed by atoms with Gasteiger partial charge in [0, 0.05) is 22.5 Å². The topological polar surface area (TPSA) is 66.1 Å². The number of carbonyl (C=O) groups is 1. The van der Waals surface area contributed by atoms with Crippen molar-refractivity contribution < 1.29 is 4.79 Å². The molecule has 3 aromatic carbocycles. The van der Waals surface area contributed by atoms with Crippen molar-refractivity contribution >= 4 is 35.0 Å². The van der Waals surface area contributed by atoms with E-state index in [0.717, 1.165) is 10.6 Å². The molecule has 6 heteroatoms. The highest BCUT2D eigenvalue weighted by molar-refractivity contribution is 8.00. The van der Waals surface area contributed by atoms with Gasteiger partial charge in [-0.25, -0.2) is 4.79 Å². The fourth-order valence-electron chi connectivity index (χ4n) is 2.82. The molecule has 148 valence electrons. The third-order valence-electron chi connectivity index (χ3n) is 4.31. The van der Waals surface area contributed by atoms with Crippen molar-refractivity contribution in [2.24, 2.45) is 0 Å². The molecule has 0 fully saturated rings. The highest BCUT2D eigenvalue weighted by atomic mass is 32.2. The van der Waals surface area contributed by atoms with Crippen LogP contribution in [0.2, 0.25) is 0 Å². The molecule has 3 N–H and O–H groups in total. The maximum atomic E-state index is 12.0. The van der Waals surface area contributed by atoms with E-state index in [0.29, 0.717) is 11.4 Å². The number of aromatic nitrogens is 1. The Bertz CT molecular complexity index is 1090. The standard InChI is InChI=1S/C24H20N4OS/c29-24(27-22-7-4-16-25-17-22)26-20-10-12-21(13-11-20)28-30-23-14-8-19(9-15-23)18-5-2-1-3-6-18/h1-17,28H,(H2,26,27,29). The lowest BCUT2D eigenvalue weighted by atomic mass is 10.1. The number of hydrogen-bond donors (Lipinski definition) is 3. The lowest BCUT2D eigenvalue weighted by Gasteiger charge is -2.09. The number of amides is 2. The lowest BCUT2D eigenvalue weighted by Crippen LogP contribution is -2.19. The summed E-state index contributed by atoms with van der Waals surface area (Å²) in [5, 5.41) is 5.54. The molecule has 0 saturated carbocycles. The predicted molar refractivity (Wildman–Crippen MR) is 125 cm³/mol. The second-order valence-corrected chi connectivity index (χ2v) is 7.37. The van der Waals surface area contributed by atoms with Crippen molar-refractivity contribution in [3.63, 3.8) is 0 Å². The molecule has 2 amide bonds. The van der Waals surface area contributed by atoms with Gasteiger partial charge in [0.1, 0.15) is 0 Å². The minimum absolute atomic E-state index is 0.309. The van der Waals surface area contributed by atoms with Crippen LogP contribution in [0.15, 0.2) is 108 Å². The number of hydrogen-bond acceptors (Lipinski definition) is 4. The monoisotopic (exact) mass is 412 g/mol. The number of carbonyl (C=O) groups excluding carboxylic acids is 1. The van der Waals surface area contributed by atoms with Crippen LogP contribution in [-0.4, -0.2) is 11.0 Å². The van der Waals surface area contributed by atoms with E-state index in [-0.39, 0.29) is 6.03 Å². The molecule has 0 bridgehead atoms. The summed E-state index contributed by atoms with van der Waals surface area (Å²) in [6.45, 7) is 0. The van der Waals surface area contributed by atoms with Crippen molar-refractivity contribution in [3.05, 3.63) is 103 Å². The van der Waals surface area contributed by atoms with Crippen molar-refractivity contribution in [1.82, 2.24) is 4.98 Å². The SMILES string of the molecule is O=C(Nc1ccc(NSc2ccc(-c3ccccc3)cc2)cc1)Nc1cccnc1. The van der Waals surface area contributed by atoms with Gasteiger partial charge in [0.15, 0.2) is 0 Å². The van der Waals surface area contributed by atoms with Gasteiger partial charge in [-0.15, -0.1) is 0 Å². The summed E-state index contributed by atoms with van der Waals surface area (Å²) >= 11 is 1.54. The van der Waals surface area contributed by atoms with Crippen molar-refractivity contribution in [1.29, 1.82) is 0 Å². The smallest absolute Gasteiger partial charge is 0.323 e. The summed E-state index contributed by atoms with van der Waals surface area (Å²) in [5.74, 6) is 0. The molecule has 30 heavy (non-hydrogen) atoms. The summed E-state index contributed by atoms with van der Waals surface area (Å²) in [6, 6.07) is 29.5. The summed E-state index contributed by atoms with van der Waals surface area (Å²) in [6.07, 6.45) is 3.25. The van der Waals surface area contributed by atoms with Gasteiger partial charge in [-0.3, -0.25) is 4.98 Å². The van der Waals surface area contributed by atoms with Crippen LogP contribution < -0.4 is 15.4 Å². The number of urea groups is 1. The van der Waals surface area contributed by atoms with Gasteiger partial charge in [-0.1, -0.05) is 42.5 Å². The summed E-state index contributed by atoms with van der Waals surface area (Å²) < 4.78 is 3.32. The number of benzene rings is 3. The first kappa shape index (κ1) is 19.5. The van der Waals surface area contributed by atoms with E-state index in [4.69, 9.17) is 0 Å². The molecule has 0 atom stereocenters. The number of anilines is 3. The number of nitrogens with one attached hydrogen (secondary N) is 3. The summed E-state index contributed by atoms with van der Waals surface area (Å²) in [5.41, 5.74) is 4.70. The molecule has 0 aliphatic rings. The first-order chi connectivity index (χ1) is 14.8. The zero-order chi connectivity index (χ0) is 20.6. The molecule has 1 heterocycles. The van der Waals surface area contributed by atoms with Crippen LogP contribution in [0.4, 0.5) is 21.9 Å². The van der Waals surface area contributed by atoms with E-state index in [2.05, 4.69) is 56.7 Å². The Balaban J connectivity index is 1.29. The van der Waals surface area contributed by atoms with Crippen LogP contribution >= 0.6 is 11.9 Å². The highest BCUT2D eigenvalue weighted by Crippen LogP contribution is 2.26. The molecule has 0 radical (unpaired) electrons. The van der Waals surface area contributed by atoms with E-state index in [1.807, 2.05) is 42.5 Å². The Kier molecular flexibility index (Phi) is 6.27. The molecule has 0 saturated heterocycles. The Morgan fingerprint density at radius 1 is 0.667 bits per heavy atom. The van der Waals surface area contributed by atoms with E-state index < -0.39 is 0 Å². The molecule has 4 aromatic rings. The maximum absolute atomic E-state index is 12.0. The Morgan fingerprint density at radius 2 is 1.33 bits per heavy atom. The second kappa shape index (κ2) is 9.62. The Hall–Kier alpha value is -3.77. The van der Waals surface area contributed by atoms with E-state index >= 15 is 0 Å². The van der Waals surface area contributed by atoms with E-state index in [1.165, 1.54) is 11.1 Å². The van der Waals surface area contributed by atoms with Crippen LogP contribution in [0.3, 0.4) is 0 Å². The largest absolute Gasteiger partial charge is 0.326 e. The number of pyridine rings is 1. The van der Waals surface area contributed by atoms with Gasteiger partial charge < -0.3 is 15.4 Å². The third kappa shape index (κ3) is 5.40. The molecule has 5 nitrogen and oxygen atoms in total. The molecule has 0 unspecified atom stereocenters. The summed E-state index contributed by atoms with van der Waals surface area (Å²) in [4.78, 5) is 17.1. The zero-order valence-electron chi connectivity index (χ0n) is 16.1. The fraction of sp³-hybridized carbons (Fsp3) is 0. The van der Waals surface area contributed by atoms with Gasteiger partial charge >= 0.3 is 6.03 Å². The average Bonchev–Trinajstić information content (AvgIpc) is 2.80. The Labute approximate surface area is 179 Å². The van der Waals surface area contributed by atoms with Crippen molar-refractivity contribution in [2.45, 2.75) is 4.90 Å². The van der Waals surface area contributed by atoms with Crippen LogP contribution in [0.25, 0.3) is 11.1 Å². The quantitative estimate of drug-likeness (QED) is 0.316. The highest BCUT2D eigenvalue weighted by Gasteiger charge is 2.03. The average molecular weight is 413 g/mol. The molecule has 4 rings (SSSR count). The van der Waals surface area contributed by atoms with E-state index in [1.54, 1.807) is 36.5 Å². The maximum Gasteiger partial charge on any atom is 0.323 e. The lowest BCUT2D eigenvalue weighted by molar-refractivity contribution is 0.262. The minimum atomic E-state index is -0.309. The van der Waals surface area contributed by atoms with Crippen LogP contribution in [0.5, 0.6) is 0 Å². The van der Waals surface area contributed by atoms with Crippen LogP contribution in [0, 0.1) is 0 Å². The number of nitrogens with zero attached hydrogens (tertiary/aromatic N) is 1. The number of rotatable bonds is 6. The molecule has 1 aromatic heterocycles.